The van der Waals surface area contributed by atoms with Crippen molar-refractivity contribution in [1.82, 2.24) is 4.98 Å². The molecule has 1 heterocycles. The molecule has 0 saturated heterocycles. The Balaban J connectivity index is 2.39. The zero-order valence-electron chi connectivity index (χ0n) is 7.17. The summed E-state index contributed by atoms with van der Waals surface area (Å²) in [5.41, 5.74) is 7.69. The van der Waals surface area contributed by atoms with Gasteiger partial charge >= 0.3 is 0 Å². The van der Waals surface area contributed by atoms with E-state index < -0.39 is 0 Å². The number of nitrogens with two attached hydrogens (primary N) is 1. The third kappa shape index (κ3) is 1.22. The van der Waals surface area contributed by atoms with Gasteiger partial charge in [-0.05, 0) is 30.4 Å². The molecular weight excluding hydrogens is 150 g/mol. The van der Waals surface area contributed by atoms with E-state index in [-0.39, 0.29) is 0 Å². The van der Waals surface area contributed by atoms with Crippen LogP contribution in [0.15, 0.2) is 12.3 Å². The molecule has 3 N–H and O–H groups in total. The summed E-state index contributed by atoms with van der Waals surface area (Å²) in [6, 6.07) is 2.02. The Morgan fingerprint density at radius 3 is 2.92 bits per heavy atom. The van der Waals surface area contributed by atoms with Crippen molar-refractivity contribution < 1.29 is 0 Å². The topological polar surface area (TPSA) is 50.9 Å². The third-order valence-corrected chi connectivity index (χ3v) is 2.19. The van der Waals surface area contributed by atoms with Crippen molar-refractivity contribution in [2.24, 2.45) is 0 Å². The molecule has 12 heavy (non-hydrogen) atoms. The summed E-state index contributed by atoms with van der Waals surface area (Å²) < 4.78 is 0. The minimum absolute atomic E-state index is 0.698. The Morgan fingerprint density at radius 2 is 2.33 bits per heavy atom. The van der Waals surface area contributed by atoms with Crippen LogP contribution in [0.3, 0.4) is 0 Å². The molecule has 0 bridgehead atoms. The molecule has 0 atom stereocenters. The van der Waals surface area contributed by atoms with Crippen molar-refractivity contribution in [1.29, 1.82) is 0 Å². The molecule has 64 valence electrons. The summed E-state index contributed by atoms with van der Waals surface area (Å²) in [7, 11) is 1.89. The fourth-order valence-electron chi connectivity index (χ4n) is 1.41. The van der Waals surface area contributed by atoms with E-state index >= 15 is 0 Å². The van der Waals surface area contributed by atoms with Crippen molar-refractivity contribution in [3.8, 4) is 0 Å². The van der Waals surface area contributed by atoms with Crippen LogP contribution in [0.25, 0.3) is 0 Å². The van der Waals surface area contributed by atoms with E-state index in [9.17, 15) is 0 Å². The van der Waals surface area contributed by atoms with E-state index in [1.807, 2.05) is 13.1 Å². The molecule has 0 amide bonds. The zero-order chi connectivity index (χ0) is 8.55. The summed E-state index contributed by atoms with van der Waals surface area (Å²) in [5.74, 6) is 1.68. The van der Waals surface area contributed by atoms with Crippen LogP contribution in [0.5, 0.6) is 0 Å². The molecule has 0 spiro atoms. The van der Waals surface area contributed by atoms with Crippen LogP contribution in [-0.4, -0.2) is 12.0 Å². The fraction of sp³-hybridized carbons (Fsp3) is 0.444. The van der Waals surface area contributed by atoms with Gasteiger partial charge in [-0.15, -0.1) is 0 Å². The van der Waals surface area contributed by atoms with Crippen LogP contribution in [0.1, 0.15) is 24.3 Å². The zero-order valence-corrected chi connectivity index (χ0v) is 7.17. The summed E-state index contributed by atoms with van der Waals surface area (Å²) in [6.45, 7) is 0. The van der Waals surface area contributed by atoms with E-state index in [2.05, 4.69) is 10.3 Å². The van der Waals surface area contributed by atoms with Gasteiger partial charge in [-0.25, -0.2) is 4.98 Å². The maximum absolute atomic E-state index is 5.66. The van der Waals surface area contributed by atoms with Gasteiger partial charge in [0.15, 0.2) is 0 Å². The molecule has 0 unspecified atom stereocenters. The van der Waals surface area contributed by atoms with Gasteiger partial charge in [0, 0.05) is 7.05 Å². The summed E-state index contributed by atoms with van der Waals surface area (Å²) in [4.78, 5) is 4.22. The predicted molar refractivity (Wildman–Crippen MR) is 50.2 cm³/mol. The first kappa shape index (κ1) is 7.40. The second kappa shape index (κ2) is 2.66. The lowest BCUT2D eigenvalue weighted by molar-refractivity contribution is 1.09. The highest BCUT2D eigenvalue weighted by Gasteiger charge is 2.26. The number of anilines is 2. The standard InChI is InChI=1S/C9H13N3/c1-11-9-8(6-2-3-6)4-7(10)5-12-9/h4-6H,2-3,10H2,1H3,(H,11,12). The van der Waals surface area contributed by atoms with Gasteiger partial charge in [-0.2, -0.15) is 0 Å². The highest BCUT2D eigenvalue weighted by Crippen LogP contribution is 2.43. The Labute approximate surface area is 72.0 Å². The van der Waals surface area contributed by atoms with Gasteiger partial charge < -0.3 is 11.1 Å². The van der Waals surface area contributed by atoms with Crippen LogP contribution < -0.4 is 11.1 Å². The van der Waals surface area contributed by atoms with Crippen molar-refractivity contribution in [3.63, 3.8) is 0 Å². The minimum Gasteiger partial charge on any atom is -0.397 e. The van der Waals surface area contributed by atoms with E-state index in [0.29, 0.717) is 5.92 Å². The summed E-state index contributed by atoms with van der Waals surface area (Å²) in [6.07, 6.45) is 4.25. The minimum atomic E-state index is 0.698. The second-order valence-electron chi connectivity index (χ2n) is 3.23. The number of hydrogen-bond acceptors (Lipinski definition) is 3. The maximum atomic E-state index is 5.66. The maximum Gasteiger partial charge on any atom is 0.129 e. The van der Waals surface area contributed by atoms with Gasteiger partial charge in [-0.3, -0.25) is 0 Å². The van der Waals surface area contributed by atoms with Gasteiger partial charge in [0.2, 0.25) is 0 Å². The molecule has 3 nitrogen and oxygen atoms in total. The monoisotopic (exact) mass is 163 g/mol. The van der Waals surface area contributed by atoms with Crippen molar-refractivity contribution in [3.05, 3.63) is 17.8 Å². The molecule has 0 aromatic carbocycles. The molecule has 1 saturated carbocycles. The molecule has 0 aliphatic heterocycles. The Kier molecular flexibility index (Phi) is 1.64. The number of nitrogens with zero attached hydrogens (tertiary/aromatic N) is 1. The SMILES string of the molecule is CNc1ncc(N)cc1C1CC1. The van der Waals surface area contributed by atoms with Gasteiger partial charge in [-0.1, -0.05) is 0 Å². The third-order valence-electron chi connectivity index (χ3n) is 2.19. The lowest BCUT2D eigenvalue weighted by Crippen LogP contribution is -1.99. The first-order chi connectivity index (χ1) is 5.81. The van der Waals surface area contributed by atoms with Crippen LogP contribution >= 0.6 is 0 Å². The fourth-order valence-corrected chi connectivity index (χ4v) is 1.41. The van der Waals surface area contributed by atoms with Crippen molar-refractivity contribution in [2.75, 3.05) is 18.1 Å². The van der Waals surface area contributed by atoms with E-state index in [1.54, 1.807) is 6.20 Å². The molecule has 1 aromatic rings. The van der Waals surface area contributed by atoms with Crippen LogP contribution in [-0.2, 0) is 0 Å². The average molecular weight is 163 g/mol. The van der Waals surface area contributed by atoms with Gasteiger partial charge in [0.1, 0.15) is 5.82 Å². The molecule has 1 aliphatic carbocycles. The molecule has 1 aromatic heterocycles. The van der Waals surface area contributed by atoms with E-state index in [1.165, 1.54) is 18.4 Å². The van der Waals surface area contributed by atoms with Crippen molar-refractivity contribution in [2.45, 2.75) is 18.8 Å². The van der Waals surface area contributed by atoms with Crippen LogP contribution in [0.4, 0.5) is 11.5 Å². The number of aromatic nitrogens is 1. The summed E-state index contributed by atoms with van der Waals surface area (Å²) in [5, 5.41) is 3.08. The number of nitrogen functional groups attached to an aromatic ring is 1. The lowest BCUT2D eigenvalue weighted by atomic mass is 10.1. The highest BCUT2D eigenvalue weighted by atomic mass is 15.0. The van der Waals surface area contributed by atoms with Crippen LogP contribution in [0, 0.1) is 0 Å². The first-order valence-corrected chi connectivity index (χ1v) is 4.24. The average Bonchev–Trinajstić information content (AvgIpc) is 2.87. The van der Waals surface area contributed by atoms with Crippen LogP contribution in [0.2, 0.25) is 0 Å². The quantitative estimate of drug-likeness (QED) is 0.696. The summed E-state index contributed by atoms with van der Waals surface area (Å²) >= 11 is 0. The molecule has 3 heteroatoms. The normalized spacial score (nSPS) is 16.1. The van der Waals surface area contributed by atoms with Gasteiger partial charge in [0.25, 0.3) is 0 Å². The Bertz CT molecular complexity index is 292. The second-order valence-corrected chi connectivity index (χ2v) is 3.23. The predicted octanol–water partition coefficient (Wildman–Crippen LogP) is 1.58. The lowest BCUT2D eigenvalue weighted by Gasteiger charge is -2.06. The molecule has 2 rings (SSSR count). The van der Waals surface area contributed by atoms with Gasteiger partial charge in [0.05, 0.1) is 11.9 Å². The largest absolute Gasteiger partial charge is 0.397 e. The number of pyridine rings is 1. The molecule has 1 aliphatic rings. The Morgan fingerprint density at radius 1 is 1.58 bits per heavy atom. The number of hydrogen-bond donors (Lipinski definition) is 2. The molecule has 0 radical (unpaired) electrons. The van der Waals surface area contributed by atoms with E-state index in [4.69, 9.17) is 5.73 Å². The smallest absolute Gasteiger partial charge is 0.129 e. The number of nitrogens with one attached hydrogen (secondary N) is 1. The van der Waals surface area contributed by atoms with E-state index in [0.717, 1.165) is 11.5 Å². The Hall–Kier alpha value is -1.25. The molecule has 1 fully saturated rings. The number of rotatable bonds is 2. The van der Waals surface area contributed by atoms with Crippen molar-refractivity contribution >= 4 is 11.5 Å². The first-order valence-electron chi connectivity index (χ1n) is 4.24. The molecular formula is C9H13N3. The highest BCUT2D eigenvalue weighted by molar-refractivity contribution is 5.54.